The fourth-order valence-electron chi connectivity index (χ4n) is 3.99. The van der Waals surface area contributed by atoms with E-state index in [9.17, 15) is 13.2 Å². The number of amides is 1. The number of nitrogens with zero attached hydrogens (tertiary/aromatic N) is 4. The van der Waals surface area contributed by atoms with Gasteiger partial charge in [-0.3, -0.25) is 14.5 Å². The van der Waals surface area contributed by atoms with Crippen LogP contribution < -0.4 is 10.1 Å². The van der Waals surface area contributed by atoms with E-state index in [0.717, 1.165) is 37.7 Å². The highest BCUT2D eigenvalue weighted by Gasteiger charge is 2.27. The van der Waals surface area contributed by atoms with Gasteiger partial charge in [0, 0.05) is 44.3 Å². The number of aromatic nitrogens is 3. The van der Waals surface area contributed by atoms with Gasteiger partial charge >= 0.3 is 0 Å². The van der Waals surface area contributed by atoms with Crippen LogP contribution in [0.3, 0.4) is 0 Å². The van der Waals surface area contributed by atoms with Gasteiger partial charge in [0.15, 0.2) is 5.82 Å². The third kappa shape index (κ3) is 5.63. The molecule has 3 aromatic rings. The zero-order valence-electron chi connectivity index (χ0n) is 19.2. The molecule has 9 nitrogen and oxygen atoms in total. The summed E-state index contributed by atoms with van der Waals surface area (Å²) in [5, 5.41) is 7.15. The van der Waals surface area contributed by atoms with Gasteiger partial charge in [-0.05, 0) is 55.2 Å². The molecule has 1 aliphatic rings. The lowest BCUT2D eigenvalue weighted by atomic mass is 10.2. The molecular weight excluding hydrogens is 454 g/mol. The Bertz CT molecular complexity index is 1220. The van der Waals surface area contributed by atoms with Crippen LogP contribution >= 0.6 is 0 Å². The lowest BCUT2D eigenvalue weighted by Crippen LogP contribution is -2.32. The first-order valence-electron chi connectivity index (χ1n) is 11.4. The van der Waals surface area contributed by atoms with Crippen molar-refractivity contribution in [1.29, 1.82) is 0 Å². The molecule has 4 rings (SSSR count). The second kappa shape index (κ2) is 10.8. The SMILES string of the molecule is COc1ccc(S(=O)(=O)N2CCCCCC2)cc1C(=O)Nc1ccn(CCc2ccncc2)n1. The van der Waals surface area contributed by atoms with E-state index in [4.69, 9.17) is 4.74 Å². The van der Waals surface area contributed by atoms with Crippen LogP contribution in [0.15, 0.2) is 59.9 Å². The number of methoxy groups -OCH3 is 1. The first-order chi connectivity index (χ1) is 16.5. The lowest BCUT2D eigenvalue weighted by molar-refractivity contribution is 0.102. The van der Waals surface area contributed by atoms with Crippen molar-refractivity contribution in [3.8, 4) is 5.75 Å². The number of ether oxygens (including phenoxy) is 1. The van der Waals surface area contributed by atoms with E-state index in [1.807, 2.05) is 12.1 Å². The Morgan fingerprint density at radius 3 is 2.50 bits per heavy atom. The monoisotopic (exact) mass is 483 g/mol. The number of nitrogens with one attached hydrogen (secondary N) is 1. The number of aryl methyl sites for hydroxylation is 2. The fourth-order valence-corrected chi connectivity index (χ4v) is 5.53. The molecule has 1 saturated heterocycles. The summed E-state index contributed by atoms with van der Waals surface area (Å²) in [6, 6.07) is 10.00. The summed E-state index contributed by atoms with van der Waals surface area (Å²) in [7, 11) is -2.25. The molecule has 0 bridgehead atoms. The smallest absolute Gasteiger partial charge is 0.260 e. The zero-order valence-corrected chi connectivity index (χ0v) is 20.0. The van der Waals surface area contributed by atoms with Crippen molar-refractivity contribution in [2.45, 2.75) is 43.5 Å². The minimum absolute atomic E-state index is 0.0863. The predicted octanol–water partition coefficient (Wildman–Crippen LogP) is 3.35. The van der Waals surface area contributed by atoms with E-state index in [0.29, 0.717) is 31.2 Å². The molecule has 3 heterocycles. The molecule has 0 radical (unpaired) electrons. The van der Waals surface area contributed by atoms with Gasteiger partial charge in [0.1, 0.15) is 5.75 Å². The van der Waals surface area contributed by atoms with Crippen molar-refractivity contribution in [3.63, 3.8) is 0 Å². The molecule has 1 fully saturated rings. The Balaban J connectivity index is 1.49. The van der Waals surface area contributed by atoms with Crippen LogP contribution in [-0.4, -0.2) is 53.6 Å². The maximum atomic E-state index is 13.2. The average molecular weight is 484 g/mol. The Kier molecular flexibility index (Phi) is 7.59. The van der Waals surface area contributed by atoms with Crippen molar-refractivity contribution in [2.75, 3.05) is 25.5 Å². The average Bonchev–Trinajstić information content (AvgIpc) is 3.11. The summed E-state index contributed by atoms with van der Waals surface area (Å²) in [5.74, 6) is 0.191. The normalized spacial score (nSPS) is 15.0. The van der Waals surface area contributed by atoms with Gasteiger partial charge in [0.25, 0.3) is 5.91 Å². The molecule has 10 heteroatoms. The molecule has 0 spiro atoms. The van der Waals surface area contributed by atoms with Gasteiger partial charge in [-0.2, -0.15) is 9.40 Å². The minimum atomic E-state index is -3.70. The minimum Gasteiger partial charge on any atom is -0.496 e. The first-order valence-corrected chi connectivity index (χ1v) is 12.8. The third-order valence-corrected chi connectivity index (χ3v) is 7.77. The molecule has 1 aliphatic heterocycles. The Hall–Kier alpha value is -3.24. The van der Waals surface area contributed by atoms with Crippen molar-refractivity contribution in [1.82, 2.24) is 19.1 Å². The molecule has 0 saturated carbocycles. The molecule has 1 N–H and O–H groups in total. The highest BCUT2D eigenvalue weighted by molar-refractivity contribution is 7.89. The summed E-state index contributed by atoms with van der Waals surface area (Å²) in [5.41, 5.74) is 1.29. The summed E-state index contributed by atoms with van der Waals surface area (Å²) in [6.45, 7) is 1.63. The van der Waals surface area contributed by atoms with Crippen LogP contribution in [0.4, 0.5) is 5.82 Å². The molecular formula is C24H29N5O4S. The van der Waals surface area contributed by atoms with E-state index in [1.165, 1.54) is 29.6 Å². The number of sulfonamides is 1. The van der Waals surface area contributed by atoms with Crippen LogP contribution in [0.2, 0.25) is 0 Å². The number of pyridine rings is 1. The maximum Gasteiger partial charge on any atom is 0.260 e. The summed E-state index contributed by atoms with van der Waals surface area (Å²) in [6.07, 6.45) is 9.79. The van der Waals surface area contributed by atoms with Crippen molar-refractivity contribution in [3.05, 3.63) is 66.1 Å². The van der Waals surface area contributed by atoms with Crippen LogP contribution in [0.1, 0.15) is 41.6 Å². The number of anilines is 1. The molecule has 0 unspecified atom stereocenters. The Labute approximate surface area is 199 Å². The number of carbonyl (C=O) groups is 1. The van der Waals surface area contributed by atoms with Crippen molar-refractivity contribution < 1.29 is 17.9 Å². The van der Waals surface area contributed by atoms with E-state index >= 15 is 0 Å². The largest absolute Gasteiger partial charge is 0.496 e. The van der Waals surface area contributed by atoms with Gasteiger partial charge in [-0.15, -0.1) is 0 Å². The van der Waals surface area contributed by atoms with Crippen LogP contribution in [0, 0.1) is 0 Å². The molecule has 34 heavy (non-hydrogen) atoms. The van der Waals surface area contributed by atoms with E-state index in [1.54, 1.807) is 29.3 Å². The molecule has 1 aromatic carbocycles. The van der Waals surface area contributed by atoms with Crippen LogP contribution in [0.5, 0.6) is 5.75 Å². The summed E-state index contributed by atoms with van der Waals surface area (Å²) < 4.78 is 35.0. The summed E-state index contributed by atoms with van der Waals surface area (Å²) >= 11 is 0. The molecule has 0 atom stereocenters. The van der Waals surface area contributed by atoms with Crippen LogP contribution in [-0.2, 0) is 23.0 Å². The number of hydrogen-bond donors (Lipinski definition) is 1. The third-order valence-electron chi connectivity index (χ3n) is 5.88. The van der Waals surface area contributed by atoms with Gasteiger partial charge in [-0.1, -0.05) is 12.8 Å². The van der Waals surface area contributed by atoms with E-state index < -0.39 is 15.9 Å². The highest BCUT2D eigenvalue weighted by atomic mass is 32.2. The predicted molar refractivity (Wildman–Crippen MR) is 128 cm³/mol. The first kappa shape index (κ1) is 23.9. The van der Waals surface area contributed by atoms with Crippen molar-refractivity contribution >= 4 is 21.7 Å². The molecule has 180 valence electrons. The van der Waals surface area contributed by atoms with Gasteiger partial charge in [0.2, 0.25) is 10.0 Å². The Morgan fingerprint density at radius 2 is 1.79 bits per heavy atom. The van der Waals surface area contributed by atoms with E-state index in [-0.39, 0.29) is 10.5 Å². The second-order valence-electron chi connectivity index (χ2n) is 8.20. The zero-order chi connectivity index (χ0) is 24.0. The quantitative estimate of drug-likeness (QED) is 0.527. The number of rotatable bonds is 8. The van der Waals surface area contributed by atoms with E-state index in [2.05, 4.69) is 15.4 Å². The van der Waals surface area contributed by atoms with Gasteiger partial charge < -0.3 is 10.1 Å². The summed E-state index contributed by atoms with van der Waals surface area (Å²) in [4.78, 5) is 17.1. The molecule has 0 aliphatic carbocycles. The van der Waals surface area contributed by atoms with Gasteiger partial charge in [0.05, 0.1) is 17.6 Å². The second-order valence-corrected chi connectivity index (χ2v) is 10.1. The Morgan fingerprint density at radius 1 is 1.06 bits per heavy atom. The lowest BCUT2D eigenvalue weighted by Gasteiger charge is -2.20. The molecule has 1 amide bonds. The molecule has 2 aromatic heterocycles. The topological polar surface area (TPSA) is 106 Å². The maximum absolute atomic E-state index is 13.2. The number of carbonyl (C=O) groups excluding carboxylic acids is 1. The number of hydrogen-bond acceptors (Lipinski definition) is 6. The standard InChI is InChI=1S/C24H29N5O4S/c1-33-22-7-6-20(34(31,32)29-14-4-2-3-5-15-29)18-21(22)24(30)26-23-11-17-28(27-23)16-10-19-8-12-25-13-9-19/h6-9,11-13,17-18H,2-5,10,14-16H2,1H3,(H,26,27,30). The fraction of sp³-hybridized carbons (Fsp3) is 0.375. The van der Waals surface area contributed by atoms with Crippen LogP contribution in [0.25, 0.3) is 0 Å². The van der Waals surface area contributed by atoms with Crippen molar-refractivity contribution in [2.24, 2.45) is 0 Å². The highest BCUT2D eigenvalue weighted by Crippen LogP contribution is 2.27. The number of benzene rings is 1. The van der Waals surface area contributed by atoms with Gasteiger partial charge in [-0.25, -0.2) is 8.42 Å².